The molecule has 0 bridgehead atoms. The van der Waals surface area contributed by atoms with Crippen molar-refractivity contribution in [3.05, 3.63) is 76.0 Å². The standard InChI is InChI=1S/C40H48FN7O4S2/c1-5-6-8-15-29-19-20-32(30(41)27-29)52-25-13-18-34-36(38(50)51)43-40(54-34)47(21-11-7-12-22-48(3,4)23-14-24-49)35-26-28(2)37(46-45-35)44-39-42-31-16-9-10-17-33(31)53-39/h9-10,16-17,19-20,26-27,49H,5-7,11-14,18,21-25H2,1-4H3,(H-,42,44,46,50,51). The first-order valence-electron chi connectivity index (χ1n) is 18.4. The van der Waals surface area contributed by atoms with E-state index in [1.165, 1.54) is 28.7 Å². The number of carbonyl (C=O) groups excluding carboxylic acids is 1. The molecule has 5 rings (SSSR count). The van der Waals surface area contributed by atoms with Gasteiger partial charge < -0.3 is 34.4 Å². The van der Waals surface area contributed by atoms with Crippen LogP contribution in [0.3, 0.4) is 0 Å². The number of aryl methyl sites for hydroxylation is 2. The van der Waals surface area contributed by atoms with Gasteiger partial charge in [0.05, 0.1) is 50.0 Å². The van der Waals surface area contributed by atoms with E-state index in [4.69, 9.17) is 4.74 Å². The van der Waals surface area contributed by atoms with Crippen molar-refractivity contribution >= 4 is 60.8 Å². The molecule has 5 aromatic rings. The fraction of sp³-hybridized carbons (Fsp3) is 0.425. The summed E-state index contributed by atoms with van der Waals surface area (Å²) in [6, 6.07) is 14.5. The largest absolute Gasteiger partial charge is 0.543 e. The lowest BCUT2D eigenvalue weighted by Crippen LogP contribution is -2.41. The van der Waals surface area contributed by atoms with E-state index in [1.807, 2.05) is 49.1 Å². The lowest BCUT2D eigenvalue weighted by molar-refractivity contribution is -0.890. The highest BCUT2D eigenvalue weighted by Crippen LogP contribution is 2.34. The van der Waals surface area contributed by atoms with Crippen molar-refractivity contribution in [3.63, 3.8) is 0 Å². The van der Waals surface area contributed by atoms with Crippen molar-refractivity contribution in [2.75, 3.05) is 57.2 Å². The van der Waals surface area contributed by atoms with Crippen LogP contribution in [0.5, 0.6) is 5.75 Å². The van der Waals surface area contributed by atoms with E-state index >= 15 is 0 Å². The number of aromatic nitrogens is 4. The smallest absolute Gasteiger partial charge is 0.191 e. The predicted molar refractivity (Wildman–Crippen MR) is 213 cm³/mol. The molecular weight excluding hydrogens is 726 g/mol. The number of thiazole rings is 2. The number of ether oxygens (including phenoxy) is 1. The van der Waals surface area contributed by atoms with Gasteiger partial charge in [0.2, 0.25) is 0 Å². The number of aromatic carboxylic acids is 1. The third-order valence-electron chi connectivity index (χ3n) is 8.79. The van der Waals surface area contributed by atoms with Gasteiger partial charge in [-0.15, -0.1) is 21.5 Å². The summed E-state index contributed by atoms with van der Waals surface area (Å²) in [5.41, 5.74) is 2.21. The molecule has 0 aliphatic rings. The van der Waals surface area contributed by atoms with Gasteiger partial charge in [-0.1, -0.05) is 42.2 Å². The van der Waals surface area contributed by atoms with Gasteiger partial charge >= 0.3 is 0 Å². The first-order chi connectivity index (χ1) is 26.1. The second-order valence-electron chi connectivity index (χ2n) is 13.7. The average molecular weight is 774 g/mol. The van der Waals surface area contributed by atoms with Crippen LogP contribution in [0, 0.1) is 24.6 Å². The summed E-state index contributed by atoms with van der Waals surface area (Å²) >= 11 is 2.81. The molecular formula is C40H48FN7O4S2. The van der Waals surface area contributed by atoms with Gasteiger partial charge in [0.15, 0.2) is 33.5 Å². The summed E-state index contributed by atoms with van der Waals surface area (Å²) in [7, 11) is 4.34. The molecule has 2 aromatic carbocycles. The summed E-state index contributed by atoms with van der Waals surface area (Å²) in [6.45, 7) is 6.77. The molecule has 0 saturated carbocycles. The Labute approximate surface area is 324 Å². The second-order valence-corrected chi connectivity index (χ2v) is 15.8. The highest BCUT2D eigenvalue weighted by Gasteiger charge is 2.22. The zero-order valence-electron chi connectivity index (χ0n) is 31.4. The minimum atomic E-state index is -1.36. The molecule has 0 spiro atoms. The number of anilines is 4. The van der Waals surface area contributed by atoms with Crippen molar-refractivity contribution < 1.29 is 28.6 Å². The zero-order chi connectivity index (χ0) is 38.5. The number of halogens is 1. The molecule has 0 saturated heterocycles. The number of rotatable bonds is 20. The zero-order valence-corrected chi connectivity index (χ0v) is 33.0. The molecule has 11 nitrogen and oxygen atoms in total. The first-order valence-corrected chi connectivity index (χ1v) is 20.0. The van der Waals surface area contributed by atoms with Crippen LogP contribution >= 0.6 is 22.7 Å². The Morgan fingerprint density at radius 1 is 1.04 bits per heavy atom. The quantitative estimate of drug-likeness (QED) is 0.0482. The van der Waals surface area contributed by atoms with Crippen molar-refractivity contribution in [1.82, 2.24) is 20.2 Å². The third kappa shape index (κ3) is 11.4. The van der Waals surface area contributed by atoms with Crippen LogP contribution in [-0.4, -0.2) is 82.7 Å². The van der Waals surface area contributed by atoms with Gasteiger partial charge in [-0.05, 0) is 87.4 Å². The molecule has 286 valence electrons. The molecule has 0 unspecified atom stereocenters. The van der Waals surface area contributed by atoms with Crippen molar-refractivity contribution in [1.29, 1.82) is 0 Å². The number of hydrogen-bond acceptors (Lipinski definition) is 12. The van der Waals surface area contributed by atoms with E-state index in [0.29, 0.717) is 51.7 Å². The highest BCUT2D eigenvalue weighted by molar-refractivity contribution is 7.22. The second kappa shape index (κ2) is 19.6. The number of nitrogens with one attached hydrogen (secondary N) is 1. The Balaban J connectivity index is 1.30. The number of aliphatic hydroxyl groups excluding tert-OH is 1. The molecule has 2 N–H and O–H groups in total. The Morgan fingerprint density at radius 2 is 1.85 bits per heavy atom. The number of hydrogen-bond donors (Lipinski definition) is 2. The summed E-state index contributed by atoms with van der Waals surface area (Å²) in [6.07, 6.45) is 5.98. The Kier molecular flexibility index (Phi) is 14.7. The van der Waals surface area contributed by atoms with Gasteiger partial charge in [0.25, 0.3) is 0 Å². The van der Waals surface area contributed by atoms with E-state index in [-0.39, 0.29) is 24.7 Å². The van der Waals surface area contributed by atoms with Crippen LogP contribution in [0.15, 0.2) is 48.5 Å². The Bertz CT molecular complexity index is 2040. The van der Waals surface area contributed by atoms with Crippen molar-refractivity contribution in [2.45, 2.75) is 65.2 Å². The number of nitrogens with zero attached hydrogens (tertiary/aromatic N) is 6. The molecule has 0 amide bonds. The average Bonchev–Trinajstić information content (AvgIpc) is 3.76. The highest BCUT2D eigenvalue weighted by atomic mass is 32.1. The van der Waals surface area contributed by atoms with E-state index < -0.39 is 11.8 Å². The predicted octanol–water partition coefficient (Wildman–Crippen LogP) is 7.03. The van der Waals surface area contributed by atoms with E-state index in [1.54, 1.807) is 12.1 Å². The van der Waals surface area contributed by atoms with Crippen LogP contribution in [0.25, 0.3) is 10.2 Å². The Hall–Kier alpha value is -4.68. The summed E-state index contributed by atoms with van der Waals surface area (Å²) < 4.78 is 22.3. The molecule has 0 aliphatic heterocycles. The fourth-order valence-corrected chi connectivity index (χ4v) is 7.83. The van der Waals surface area contributed by atoms with Crippen LogP contribution < -0.4 is 20.1 Å². The lowest BCUT2D eigenvalue weighted by atomic mass is 10.2. The topological polar surface area (TPSA) is 136 Å². The van der Waals surface area contributed by atoms with Crippen molar-refractivity contribution in [2.24, 2.45) is 0 Å². The maximum atomic E-state index is 14.7. The minimum absolute atomic E-state index is 0.122. The van der Waals surface area contributed by atoms with Crippen LogP contribution in [-0.2, 0) is 6.42 Å². The molecule has 3 heterocycles. The summed E-state index contributed by atoms with van der Waals surface area (Å²) in [5.74, 6) is 5.36. The number of quaternary nitrogens is 1. The van der Waals surface area contributed by atoms with E-state index in [9.17, 15) is 19.4 Å². The number of aliphatic hydroxyl groups is 1. The van der Waals surface area contributed by atoms with Gasteiger partial charge in [-0.2, -0.15) is 0 Å². The Morgan fingerprint density at radius 3 is 2.59 bits per heavy atom. The molecule has 0 radical (unpaired) electrons. The van der Waals surface area contributed by atoms with Crippen LogP contribution in [0.2, 0.25) is 0 Å². The van der Waals surface area contributed by atoms with Gasteiger partial charge in [0, 0.05) is 36.4 Å². The summed E-state index contributed by atoms with van der Waals surface area (Å²) in [4.78, 5) is 24.0. The molecule has 3 aromatic heterocycles. The maximum absolute atomic E-state index is 14.7. The lowest BCUT2D eigenvalue weighted by Gasteiger charge is -2.29. The first kappa shape index (κ1) is 40.5. The van der Waals surface area contributed by atoms with Gasteiger partial charge in [-0.25, -0.2) is 14.4 Å². The monoisotopic (exact) mass is 773 g/mol. The molecule has 54 heavy (non-hydrogen) atoms. The number of para-hydroxylation sites is 1. The molecule has 0 fully saturated rings. The molecule has 0 aliphatic carbocycles. The number of carbonyl (C=O) groups is 1. The van der Waals surface area contributed by atoms with Crippen LogP contribution in [0.4, 0.5) is 26.3 Å². The fourth-order valence-electron chi connectivity index (χ4n) is 5.84. The van der Waals surface area contributed by atoms with Crippen molar-refractivity contribution in [3.8, 4) is 17.6 Å². The minimum Gasteiger partial charge on any atom is -0.543 e. The number of benzene rings is 2. The SMILES string of the molecule is CCCC#Cc1ccc(OCCCc2sc(N(CCCCC[N+](C)(C)CCCO)c3cc(C)c(Nc4nc5ccccc5s4)nn3)nc2C(=O)[O-])c(F)c1. The number of carboxylic acid groups (broad SMARTS) is 1. The third-order valence-corrected chi connectivity index (χ3v) is 10.9. The van der Waals surface area contributed by atoms with Gasteiger partial charge in [-0.3, -0.25) is 0 Å². The van der Waals surface area contributed by atoms with E-state index in [2.05, 4.69) is 51.4 Å². The summed E-state index contributed by atoms with van der Waals surface area (Å²) in [5, 5.41) is 35.1. The number of fused-ring (bicyclic) bond motifs is 1. The maximum Gasteiger partial charge on any atom is 0.191 e. The van der Waals surface area contributed by atoms with Gasteiger partial charge in [0.1, 0.15) is 5.69 Å². The van der Waals surface area contributed by atoms with E-state index in [0.717, 1.165) is 71.9 Å². The molecule has 14 heteroatoms. The van der Waals surface area contributed by atoms with Crippen LogP contribution in [0.1, 0.15) is 78.4 Å². The number of carboxylic acids is 1. The number of unbranched alkanes of at least 4 members (excludes halogenated alkanes) is 3. The molecule has 0 atom stereocenters. The normalized spacial score (nSPS) is 11.4.